The molecule has 0 atom stereocenters. The minimum Gasteiger partial charge on any atom is -0.433 e. The van der Waals surface area contributed by atoms with E-state index in [-0.39, 0.29) is 22.3 Å². The summed E-state index contributed by atoms with van der Waals surface area (Å²) < 4.78 is 41.5. The van der Waals surface area contributed by atoms with Gasteiger partial charge in [0.25, 0.3) is 0 Å². The number of hydrogen-bond donors (Lipinski definition) is 2. The van der Waals surface area contributed by atoms with Gasteiger partial charge < -0.3 is 15.4 Å². The molecule has 0 fully saturated rings. The van der Waals surface area contributed by atoms with E-state index in [2.05, 4.69) is 15.4 Å². The van der Waals surface area contributed by atoms with Gasteiger partial charge in [-0.3, -0.25) is 4.79 Å². The quantitative estimate of drug-likeness (QED) is 0.759. The number of carbonyl (C=O) groups excluding carboxylic acids is 1. The standard InChI is InChI=1S/C15H11Cl2F3N2O2/c16-10-6-9(1-3-12(10)18)22-14(23)7-21-8-2-4-13(11(17)5-8)24-15(19)20/h1-6,15,21H,7H2,(H,22,23). The van der Waals surface area contributed by atoms with Crippen molar-refractivity contribution < 1.29 is 22.7 Å². The first-order valence-electron chi connectivity index (χ1n) is 6.58. The first-order valence-corrected chi connectivity index (χ1v) is 7.34. The molecule has 128 valence electrons. The molecule has 0 saturated heterocycles. The Morgan fingerprint density at radius 1 is 1.08 bits per heavy atom. The first-order chi connectivity index (χ1) is 11.3. The minimum absolute atomic E-state index is 0.0222. The van der Waals surface area contributed by atoms with Crippen molar-refractivity contribution >= 4 is 40.5 Å². The summed E-state index contributed by atoms with van der Waals surface area (Å²) in [5, 5.41) is 5.16. The van der Waals surface area contributed by atoms with Gasteiger partial charge in [-0.05, 0) is 36.4 Å². The smallest absolute Gasteiger partial charge is 0.387 e. The van der Waals surface area contributed by atoms with Gasteiger partial charge in [-0.15, -0.1) is 0 Å². The molecule has 0 aromatic heterocycles. The SMILES string of the molecule is O=C(CNc1ccc(OC(F)F)c(Cl)c1)Nc1ccc(F)c(Cl)c1. The summed E-state index contributed by atoms with van der Waals surface area (Å²) in [6.07, 6.45) is 0. The van der Waals surface area contributed by atoms with Crippen LogP contribution >= 0.6 is 23.2 Å². The van der Waals surface area contributed by atoms with E-state index in [0.717, 1.165) is 6.07 Å². The van der Waals surface area contributed by atoms with Crippen LogP contribution in [-0.4, -0.2) is 19.1 Å². The van der Waals surface area contributed by atoms with Crippen LogP contribution in [-0.2, 0) is 4.79 Å². The fourth-order valence-electron chi connectivity index (χ4n) is 1.76. The van der Waals surface area contributed by atoms with E-state index >= 15 is 0 Å². The van der Waals surface area contributed by atoms with Gasteiger partial charge in [0, 0.05) is 11.4 Å². The molecular weight excluding hydrogens is 368 g/mol. The average molecular weight is 379 g/mol. The molecule has 0 heterocycles. The van der Waals surface area contributed by atoms with E-state index in [9.17, 15) is 18.0 Å². The van der Waals surface area contributed by atoms with E-state index in [1.807, 2.05) is 0 Å². The molecule has 2 aromatic rings. The highest BCUT2D eigenvalue weighted by molar-refractivity contribution is 6.32. The van der Waals surface area contributed by atoms with Crippen LogP contribution in [0.5, 0.6) is 5.75 Å². The Hall–Kier alpha value is -2.12. The molecule has 0 aliphatic rings. The second-order valence-electron chi connectivity index (χ2n) is 4.55. The van der Waals surface area contributed by atoms with E-state index in [0.29, 0.717) is 11.4 Å². The molecule has 0 aliphatic heterocycles. The van der Waals surface area contributed by atoms with Crippen molar-refractivity contribution in [3.8, 4) is 5.75 Å². The van der Waals surface area contributed by atoms with Crippen molar-refractivity contribution in [2.24, 2.45) is 0 Å². The molecule has 0 unspecified atom stereocenters. The van der Waals surface area contributed by atoms with E-state index in [1.165, 1.54) is 30.3 Å². The number of benzene rings is 2. The zero-order chi connectivity index (χ0) is 17.7. The van der Waals surface area contributed by atoms with Gasteiger partial charge in [-0.2, -0.15) is 8.78 Å². The van der Waals surface area contributed by atoms with Crippen LogP contribution in [0.2, 0.25) is 10.0 Å². The molecule has 1 amide bonds. The molecular formula is C15H11Cl2F3N2O2. The van der Waals surface area contributed by atoms with Gasteiger partial charge in [-0.1, -0.05) is 23.2 Å². The zero-order valence-electron chi connectivity index (χ0n) is 12.0. The lowest BCUT2D eigenvalue weighted by Crippen LogP contribution is -2.21. The summed E-state index contributed by atoms with van der Waals surface area (Å²) in [5.74, 6) is -1.17. The van der Waals surface area contributed by atoms with Gasteiger partial charge in [-0.25, -0.2) is 4.39 Å². The molecule has 0 saturated carbocycles. The molecule has 4 nitrogen and oxygen atoms in total. The largest absolute Gasteiger partial charge is 0.433 e. The Balaban J connectivity index is 1.91. The molecule has 2 aromatic carbocycles. The number of alkyl halides is 2. The zero-order valence-corrected chi connectivity index (χ0v) is 13.5. The van der Waals surface area contributed by atoms with E-state index in [4.69, 9.17) is 23.2 Å². The molecule has 24 heavy (non-hydrogen) atoms. The normalized spacial score (nSPS) is 10.6. The van der Waals surface area contributed by atoms with Crippen LogP contribution < -0.4 is 15.4 Å². The van der Waals surface area contributed by atoms with Crippen LogP contribution in [0.25, 0.3) is 0 Å². The maximum atomic E-state index is 13.0. The van der Waals surface area contributed by atoms with Gasteiger partial charge in [0.05, 0.1) is 16.6 Å². The fourth-order valence-corrected chi connectivity index (χ4v) is 2.17. The second-order valence-corrected chi connectivity index (χ2v) is 5.37. The molecule has 0 radical (unpaired) electrons. The molecule has 2 N–H and O–H groups in total. The number of hydrogen-bond acceptors (Lipinski definition) is 3. The molecule has 0 bridgehead atoms. The summed E-state index contributed by atoms with van der Waals surface area (Å²) in [7, 11) is 0. The summed E-state index contributed by atoms with van der Waals surface area (Å²) in [5.41, 5.74) is 0.779. The highest BCUT2D eigenvalue weighted by Crippen LogP contribution is 2.28. The molecule has 9 heteroatoms. The Labute approximate surface area is 145 Å². The third kappa shape index (κ3) is 5.21. The van der Waals surface area contributed by atoms with Crippen LogP contribution in [0.1, 0.15) is 0 Å². The number of anilines is 2. The van der Waals surface area contributed by atoms with Gasteiger partial charge in [0.1, 0.15) is 11.6 Å². The Bertz CT molecular complexity index is 745. The average Bonchev–Trinajstić information content (AvgIpc) is 2.51. The third-order valence-corrected chi connectivity index (χ3v) is 3.39. The summed E-state index contributed by atoms with van der Waals surface area (Å²) in [6.45, 7) is -3.10. The van der Waals surface area contributed by atoms with Crippen molar-refractivity contribution in [1.29, 1.82) is 0 Å². The van der Waals surface area contributed by atoms with E-state index in [1.54, 1.807) is 0 Å². The highest BCUT2D eigenvalue weighted by atomic mass is 35.5. The van der Waals surface area contributed by atoms with Gasteiger partial charge in [0.2, 0.25) is 5.91 Å². The number of halogens is 5. The Kier molecular flexibility index (Phi) is 6.16. The van der Waals surface area contributed by atoms with Crippen LogP contribution in [0, 0.1) is 5.82 Å². The number of ether oxygens (including phenoxy) is 1. The van der Waals surface area contributed by atoms with Crippen LogP contribution in [0.3, 0.4) is 0 Å². The predicted molar refractivity (Wildman–Crippen MR) is 86.6 cm³/mol. The van der Waals surface area contributed by atoms with Crippen molar-refractivity contribution in [3.63, 3.8) is 0 Å². The van der Waals surface area contributed by atoms with Crippen molar-refractivity contribution in [2.45, 2.75) is 6.61 Å². The topological polar surface area (TPSA) is 50.4 Å². The Morgan fingerprint density at radius 2 is 1.75 bits per heavy atom. The maximum Gasteiger partial charge on any atom is 0.387 e. The lowest BCUT2D eigenvalue weighted by Gasteiger charge is -2.11. The number of carbonyl (C=O) groups is 1. The molecule has 0 spiro atoms. The Morgan fingerprint density at radius 3 is 2.38 bits per heavy atom. The summed E-state index contributed by atoms with van der Waals surface area (Å²) in [6, 6.07) is 7.82. The van der Waals surface area contributed by atoms with Crippen LogP contribution in [0.4, 0.5) is 24.5 Å². The monoisotopic (exact) mass is 378 g/mol. The lowest BCUT2D eigenvalue weighted by atomic mass is 10.3. The van der Waals surface area contributed by atoms with Crippen LogP contribution in [0.15, 0.2) is 36.4 Å². The molecule has 2 rings (SSSR count). The number of nitrogens with one attached hydrogen (secondary N) is 2. The van der Waals surface area contributed by atoms with Gasteiger partial charge in [0.15, 0.2) is 0 Å². The number of amides is 1. The summed E-state index contributed by atoms with van der Waals surface area (Å²) in [4.78, 5) is 11.8. The minimum atomic E-state index is -2.98. The fraction of sp³-hybridized carbons (Fsp3) is 0.133. The summed E-state index contributed by atoms with van der Waals surface area (Å²) >= 11 is 11.4. The van der Waals surface area contributed by atoms with Crippen molar-refractivity contribution in [3.05, 3.63) is 52.3 Å². The second kappa shape index (κ2) is 8.12. The van der Waals surface area contributed by atoms with Gasteiger partial charge >= 0.3 is 6.61 Å². The molecule has 0 aliphatic carbocycles. The first kappa shape index (κ1) is 18.2. The predicted octanol–water partition coefficient (Wildman–Crippen LogP) is 4.78. The number of rotatable bonds is 6. The van der Waals surface area contributed by atoms with Crippen molar-refractivity contribution in [2.75, 3.05) is 17.2 Å². The highest BCUT2D eigenvalue weighted by Gasteiger charge is 2.10. The van der Waals surface area contributed by atoms with Crippen molar-refractivity contribution in [1.82, 2.24) is 0 Å². The third-order valence-electron chi connectivity index (χ3n) is 2.80. The lowest BCUT2D eigenvalue weighted by molar-refractivity contribution is -0.114. The van der Waals surface area contributed by atoms with E-state index < -0.39 is 18.3 Å². The maximum absolute atomic E-state index is 13.0.